The minimum Gasteiger partial charge on any atom is -0.497 e. The lowest BCUT2D eigenvalue weighted by molar-refractivity contribution is -0.117. The predicted molar refractivity (Wildman–Crippen MR) is 132 cm³/mol. The van der Waals surface area contributed by atoms with Gasteiger partial charge in [-0.05, 0) is 37.3 Å². The van der Waals surface area contributed by atoms with Gasteiger partial charge in [0.05, 0.1) is 12.1 Å². The highest BCUT2D eigenvalue weighted by Crippen LogP contribution is 2.36. The average molecular weight is 510 g/mol. The van der Waals surface area contributed by atoms with Gasteiger partial charge in [0.15, 0.2) is 0 Å². The average Bonchev–Trinajstić information content (AvgIpc) is 3.58. The molecule has 2 amide bonds. The van der Waals surface area contributed by atoms with Crippen LogP contribution in [0.3, 0.4) is 0 Å². The Morgan fingerprint density at radius 1 is 1.20 bits per heavy atom. The van der Waals surface area contributed by atoms with Gasteiger partial charge in [-0.1, -0.05) is 46.3 Å². The Balaban J connectivity index is 1.31. The minimum absolute atomic E-state index is 0.00503. The lowest BCUT2D eigenvalue weighted by atomic mass is 10.1. The van der Waals surface area contributed by atoms with Crippen LogP contribution in [-0.4, -0.2) is 40.8 Å². The number of ether oxygens (including phenoxy) is 1. The molecule has 2 aromatic heterocycles. The van der Waals surface area contributed by atoms with Crippen LogP contribution in [0.15, 0.2) is 53.1 Å². The van der Waals surface area contributed by atoms with Crippen molar-refractivity contribution >= 4 is 45.6 Å². The largest absolute Gasteiger partial charge is 0.497 e. The predicted octanol–water partition coefficient (Wildman–Crippen LogP) is 4.94. The number of hydrogen-bond acceptors (Lipinski definition) is 8. The summed E-state index contributed by atoms with van der Waals surface area (Å²) in [5, 5.41) is 16.6. The Labute approximate surface area is 209 Å². The van der Waals surface area contributed by atoms with Gasteiger partial charge in [0.2, 0.25) is 11.0 Å². The van der Waals surface area contributed by atoms with E-state index in [1.165, 1.54) is 11.3 Å². The highest BCUT2D eigenvalue weighted by Gasteiger charge is 2.34. The SMILES string of the molecule is COc1ccc(N2CC(c3nnc(NC(=O)c4c(-c5ccccc5Cl)noc4C)s3)CC2=O)cc1. The molecule has 178 valence electrons. The maximum Gasteiger partial charge on any atom is 0.263 e. The van der Waals surface area contributed by atoms with Crippen molar-refractivity contribution in [2.24, 2.45) is 0 Å². The maximum atomic E-state index is 13.1. The van der Waals surface area contributed by atoms with Gasteiger partial charge in [-0.25, -0.2) is 0 Å². The number of carbonyl (C=O) groups excluding carboxylic acids is 2. The quantitative estimate of drug-likeness (QED) is 0.392. The number of benzene rings is 2. The second-order valence-corrected chi connectivity index (χ2v) is 9.36. The fourth-order valence-electron chi connectivity index (χ4n) is 3.97. The Kier molecular flexibility index (Phi) is 6.23. The summed E-state index contributed by atoms with van der Waals surface area (Å²) in [4.78, 5) is 27.5. The number of nitrogens with one attached hydrogen (secondary N) is 1. The van der Waals surface area contributed by atoms with Gasteiger partial charge in [-0.3, -0.25) is 14.9 Å². The molecule has 9 nitrogen and oxygen atoms in total. The summed E-state index contributed by atoms with van der Waals surface area (Å²) < 4.78 is 10.5. The van der Waals surface area contributed by atoms with Crippen molar-refractivity contribution in [3.8, 4) is 17.0 Å². The minimum atomic E-state index is -0.427. The molecule has 3 heterocycles. The third-order valence-electron chi connectivity index (χ3n) is 5.74. The first kappa shape index (κ1) is 23.0. The molecule has 0 spiro atoms. The van der Waals surface area contributed by atoms with E-state index in [-0.39, 0.29) is 17.4 Å². The summed E-state index contributed by atoms with van der Waals surface area (Å²) in [5.74, 6) is 0.541. The molecule has 4 aromatic rings. The van der Waals surface area contributed by atoms with Crippen LogP contribution < -0.4 is 15.0 Å². The molecule has 2 aromatic carbocycles. The van der Waals surface area contributed by atoms with Gasteiger partial charge in [-0.15, -0.1) is 10.2 Å². The van der Waals surface area contributed by atoms with Crippen LogP contribution in [-0.2, 0) is 4.79 Å². The van der Waals surface area contributed by atoms with Crippen LogP contribution in [0.5, 0.6) is 5.75 Å². The number of anilines is 2. The maximum absolute atomic E-state index is 13.1. The molecule has 35 heavy (non-hydrogen) atoms. The van der Waals surface area contributed by atoms with Crippen LogP contribution in [0.2, 0.25) is 5.02 Å². The van der Waals surface area contributed by atoms with Crippen molar-refractivity contribution in [1.29, 1.82) is 0 Å². The van der Waals surface area contributed by atoms with E-state index in [0.717, 1.165) is 11.4 Å². The zero-order valence-corrected chi connectivity index (χ0v) is 20.4. The number of carbonyl (C=O) groups is 2. The van der Waals surface area contributed by atoms with E-state index in [1.54, 1.807) is 37.1 Å². The molecule has 0 radical (unpaired) electrons. The standard InChI is InChI=1S/C24H20ClN5O4S/c1-13-20(21(29-34-13)17-5-3-4-6-18(17)25)22(32)26-24-28-27-23(35-24)14-11-19(31)30(12-14)15-7-9-16(33-2)10-8-15/h3-10,14H,11-12H2,1-2H3,(H,26,28,32). The van der Waals surface area contributed by atoms with Crippen molar-refractivity contribution in [3.05, 3.63) is 69.9 Å². The van der Waals surface area contributed by atoms with Crippen LogP contribution in [0, 0.1) is 6.92 Å². The lowest BCUT2D eigenvalue weighted by Crippen LogP contribution is -2.24. The zero-order valence-electron chi connectivity index (χ0n) is 18.8. The van der Waals surface area contributed by atoms with Crippen molar-refractivity contribution in [2.75, 3.05) is 23.9 Å². The number of rotatable bonds is 6. The van der Waals surface area contributed by atoms with E-state index in [4.69, 9.17) is 20.9 Å². The number of hydrogen-bond donors (Lipinski definition) is 1. The van der Waals surface area contributed by atoms with Crippen molar-refractivity contribution in [2.45, 2.75) is 19.3 Å². The summed E-state index contributed by atoms with van der Waals surface area (Å²) in [6.07, 6.45) is 0.315. The van der Waals surface area contributed by atoms with Crippen molar-refractivity contribution in [1.82, 2.24) is 15.4 Å². The highest BCUT2D eigenvalue weighted by atomic mass is 35.5. The first-order valence-electron chi connectivity index (χ1n) is 10.7. The molecule has 1 fully saturated rings. The fourth-order valence-corrected chi connectivity index (χ4v) is 5.03. The second-order valence-electron chi connectivity index (χ2n) is 7.95. The summed E-state index contributed by atoms with van der Waals surface area (Å²) >= 11 is 7.53. The Morgan fingerprint density at radius 2 is 1.97 bits per heavy atom. The number of methoxy groups -OCH3 is 1. The molecule has 11 heteroatoms. The fraction of sp³-hybridized carbons (Fsp3) is 0.208. The molecule has 1 atom stereocenters. The summed E-state index contributed by atoms with van der Waals surface area (Å²) in [7, 11) is 1.60. The molecule has 1 saturated heterocycles. The van der Waals surface area contributed by atoms with E-state index in [2.05, 4.69) is 20.7 Å². The Morgan fingerprint density at radius 3 is 2.71 bits per heavy atom. The molecule has 1 N–H and O–H groups in total. The highest BCUT2D eigenvalue weighted by molar-refractivity contribution is 7.15. The summed E-state index contributed by atoms with van der Waals surface area (Å²) in [6, 6.07) is 14.4. The molecule has 0 bridgehead atoms. The normalized spacial score (nSPS) is 15.5. The lowest BCUT2D eigenvalue weighted by Gasteiger charge is -2.16. The van der Waals surface area contributed by atoms with E-state index in [1.807, 2.05) is 30.3 Å². The van der Waals surface area contributed by atoms with E-state index in [0.29, 0.717) is 45.1 Å². The monoisotopic (exact) mass is 509 g/mol. The molecule has 1 aliphatic rings. The van der Waals surface area contributed by atoms with Crippen LogP contribution in [0.1, 0.15) is 33.5 Å². The van der Waals surface area contributed by atoms with Crippen molar-refractivity contribution < 1.29 is 18.8 Å². The third kappa shape index (κ3) is 4.50. The summed E-state index contributed by atoms with van der Waals surface area (Å²) in [6.45, 7) is 2.14. The number of nitrogens with zero attached hydrogens (tertiary/aromatic N) is 4. The van der Waals surface area contributed by atoms with Crippen LogP contribution >= 0.6 is 22.9 Å². The smallest absolute Gasteiger partial charge is 0.263 e. The first-order chi connectivity index (χ1) is 16.9. The second kappa shape index (κ2) is 9.47. The van der Waals surface area contributed by atoms with Crippen LogP contribution in [0.25, 0.3) is 11.3 Å². The molecule has 0 aliphatic carbocycles. The topological polar surface area (TPSA) is 110 Å². The number of amides is 2. The van der Waals surface area contributed by atoms with E-state index < -0.39 is 5.91 Å². The first-order valence-corrected chi connectivity index (χ1v) is 11.9. The van der Waals surface area contributed by atoms with E-state index >= 15 is 0 Å². The van der Waals surface area contributed by atoms with Gasteiger partial charge in [0, 0.05) is 30.1 Å². The van der Waals surface area contributed by atoms with Gasteiger partial charge >= 0.3 is 0 Å². The Hall–Kier alpha value is -3.76. The third-order valence-corrected chi connectivity index (χ3v) is 7.07. The van der Waals surface area contributed by atoms with Gasteiger partial charge < -0.3 is 14.2 Å². The molecule has 1 unspecified atom stereocenters. The van der Waals surface area contributed by atoms with Gasteiger partial charge in [0.1, 0.15) is 27.8 Å². The Bertz CT molecular complexity index is 1400. The van der Waals surface area contributed by atoms with Gasteiger partial charge in [-0.2, -0.15) is 0 Å². The number of halogens is 1. The van der Waals surface area contributed by atoms with Gasteiger partial charge in [0.25, 0.3) is 5.91 Å². The molecular formula is C24H20ClN5O4S. The summed E-state index contributed by atoms with van der Waals surface area (Å²) in [5.41, 5.74) is 2.02. The molecular weight excluding hydrogens is 490 g/mol. The number of aryl methyl sites for hydroxylation is 1. The molecule has 5 rings (SSSR count). The molecule has 1 aliphatic heterocycles. The molecule has 0 saturated carbocycles. The van der Waals surface area contributed by atoms with Crippen LogP contribution in [0.4, 0.5) is 10.8 Å². The van der Waals surface area contributed by atoms with Crippen molar-refractivity contribution in [3.63, 3.8) is 0 Å². The number of aromatic nitrogens is 3. The zero-order chi connectivity index (χ0) is 24.5. The van der Waals surface area contributed by atoms with E-state index in [9.17, 15) is 9.59 Å².